The molecule has 6 nitrogen and oxygen atoms in total. The van der Waals surface area contributed by atoms with E-state index in [4.69, 9.17) is 14.2 Å². The van der Waals surface area contributed by atoms with E-state index in [2.05, 4.69) is 4.99 Å². The number of rotatable bonds is 6. The summed E-state index contributed by atoms with van der Waals surface area (Å²) in [6.07, 6.45) is 0.178. The van der Waals surface area contributed by atoms with Gasteiger partial charge in [0.1, 0.15) is 27.5 Å². The Bertz CT molecular complexity index is 1080. The quantitative estimate of drug-likeness (QED) is 0.633. The number of carbonyl (C=O) groups is 1. The van der Waals surface area contributed by atoms with Crippen LogP contribution in [-0.2, 0) is 17.8 Å². The third-order valence-corrected chi connectivity index (χ3v) is 5.60. The lowest BCUT2D eigenvalue weighted by molar-refractivity contribution is -0.117. The molecule has 148 valence electrons. The molecule has 28 heavy (non-hydrogen) atoms. The summed E-state index contributed by atoms with van der Waals surface area (Å²) in [4.78, 5) is 17.7. The minimum Gasteiger partial charge on any atom is -0.496 e. The molecule has 0 radical (unpaired) electrons. The highest BCUT2D eigenvalue weighted by Gasteiger charge is 2.16. The Balaban J connectivity index is 2.09. The van der Waals surface area contributed by atoms with Gasteiger partial charge in [0.15, 0.2) is 4.80 Å². The van der Waals surface area contributed by atoms with Gasteiger partial charge in [0.25, 0.3) is 5.91 Å². The molecule has 0 unspecified atom stereocenters. The number of aromatic nitrogens is 1. The summed E-state index contributed by atoms with van der Waals surface area (Å²) in [6.45, 7) is 4.65. The first-order valence-electron chi connectivity index (χ1n) is 8.97. The molecule has 3 aromatic rings. The maximum atomic E-state index is 12.7. The highest BCUT2D eigenvalue weighted by molar-refractivity contribution is 7.16. The van der Waals surface area contributed by atoms with E-state index < -0.39 is 0 Å². The van der Waals surface area contributed by atoms with Crippen LogP contribution in [0.25, 0.3) is 10.2 Å². The van der Waals surface area contributed by atoms with E-state index in [0.717, 1.165) is 32.8 Å². The fraction of sp³-hybridized carbons (Fsp3) is 0.333. The highest BCUT2D eigenvalue weighted by atomic mass is 32.1. The van der Waals surface area contributed by atoms with Crippen molar-refractivity contribution in [3.63, 3.8) is 0 Å². The van der Waals surface area contributed by atoms with Crippen LogP contribution in [0.1, 0.15) is 18.1 Å². The number of hydrogen-bond donors (Lipinski definition) is 0. The van der Waals surface area contributed by atoms with Crippen molar-refractivity contribution in [3.8, 4) is 17.2 Å². The molecule has 2 aromatic carbocycles. The van der Waals surface area contributed by atoms with Gasteiger partial charge in [-0.1, -0.05) is 29.0 Å². The average molecular weight is 401 g/mol. The molecule has 0 aliphatic heterocycles. The van der Waals surface area contributed by atoms with E-state index in [1.165, 1.54) is 11.3 Å². The summed E-state index contributed by atoms with van der Waals surface area (Å²) in [7, 11) is 4.86. The lowest BCUT2D eigenvalue weighted by Crippen LogP contribution is -2.17. The van der Waals surface area contributed by atoms with E-state index in [9.17, 15) is 4.79 Å². The predicted molar refractivity (Wildman–Crippen MR) is 111 cm³/mol. The Hall–Kier alpha value is -2.80. The van der Waals surface area contributed by atoms with Gasteiger partial charge in [-0.25, -0.2) is 0 Å². The number of nitrogens with zero attached hydrogens (tertiary/aromatic N) is 2. The van der Waals surface area contributed by atoms with Crippen LogP contribution in [0.2, 0.25) is 0 Å². The number of carbonyl (C=O) groups excluding carboxylic acids is 1. The van der Waals surface area contributed by atoms with Crippen LogP contribution in [0.4, 0.5) is 0 Å². The van der Waals surface area contributed by atoms with Crippen molar-refractivity contribution < 1.29 is 19.0 Å². The van der Waals surface area contributed by atoms with Crippen molar-refractivity contribution in [3.05, 3.63) is 46.3 Å². The molecule has 0 N–H and O–H groups in total. The Morgan fingerprint density at radius 1 is 1.04 bits per heavy atom. The van der Waals surface area contributed by atoms with Crippen molar-refractivity contribution in [2.24, 2.45) is 4.99 Å². The first kappa shape index (κ1) is 19.9. The van der Waals surface area contributed by atoms with Crippen molar-refractivity contribution in [2.75, 3.05) is 21.3 Å². The van der Waals surface area contributed by atoms with E-state index in [1.807, 2.05) is 48.7 Å². The molecule has 0 saturated heterocycles. The topological polar surface area (TPSA) is 62.1 Å². The van der Waals surface area contributed by atoms with Gasteiger partial charge in [0.2, 0.25) is 0 Å². The van der Waals surface area contributed by atoms with Crippen molar-refractivity contribution >= 4 is 27.5 Å². The predicted octanol–water partition coefficient (Wildman–Crippen LogP) is 3.73. The number of methoxy groups -OCH3 is 3. The molecule has 0 aliphatic rings. The molecule has 7 heteroatoms. The standard InChI is InChI=1S/C21H24N2O4S/c1-6-23-19-16(26-4)9-10-17(27-5)20(19)28-21(23)22-18(24)12-14-11-13(2)7-8-15(14)25-3/h7-11H,6,12H2,1-5H3. The van der Waals surface area contributed by atoms with E-state index in [0.29, 0.717) is 17.1 Å². The van der Waals surface area contributed by atoms with Crippen LogP contribution >= 0.6 is 11.3 Å². The number of benzene rings is 2. The Morgan fingerprint density at radius 3 is 2.32 bits per heavy atom. The van der Waals surface area contributed by atoms with Gasteiger partial charge >= 0.3 is 0 Å². The van der Waals surface area contributed by atoms with E-state index in [-0.39, 0.29) is 12.3 Å². The smallest absolute Gasteiger partial charge is 0.252 e. The van der Waals surface area contributed by atoms with Crippen molar-refractivity contribution in [1.82, 2.24) is 4.57 Å². The van der Waals surface area contributed by atoms with Crippen LogP contribution in [-0.4, -0.2) is 31.8 Å². The summed E-state index contributed by atoms with van der Waals surface area (Å²) in [5.41, 5.74) is 2.79. The lowest BCUT2D eigenvalue weighted by Gasteiger charge is -2.08. The molecule has 0 bridgehead atoms. The third kappa shape index (κ3) is 3.75. The number of ether oxygens (including phenoxy) is 3. The molecule has 0 atom stereocenters. The Labute approximate surface area is 168 Å². The second-order valence-corrected chi connectivity index (χ2v) is 7.25. The largest absolute Gasteiger partial charge is 0.496 e. The van der Waals surface area contributed by atoms with E-state index in [1.54, 1.807) is 21.3 Å². The monoisotopic (exact) mass is 400 g/mol. The molecule has 0 spiro atoms. The zero-order valence-corrected chi connectivity index (χ0v) is 17.6. The SMILES string of the molecule is CCn1c(=NC(=O)Cc2cc(C)ccc2OC)sc2c(OC)ccc(OC)c21. The molecule has 1 aromatic heterocycles. The molecule has 1 heterocycles. The minimum absolute atomic E-state index is 0.178. The number of aryl methyl sites for hydroxylation is 2. The van der Waals surface area contributed by atoms with Gasteiger partial charge in [-0.15, -0.1) is 0 Å². The van der Waals surface area contributed by atoms with Crippen LogP contribution < -0.4 is 19.0 Å². The van der Waals surface area contributed by atoms with Crippen molar-refractivity contribution in [2.45, 2.75) is 26.8 Å². The maximum absolute atomic E-state index is 12.7. The fourth-order valence-corrected chi connectivity index (χ4v) is 4.41. The van der Waals surface area contributed by atoms with Crippen LogP contribution in [0, 0.1) is 6.92 Å². The second kappa shape index (κ2) is 8.48. The summed E-state index contributed by atoms with van der Waals surface area (Å²) in [5, 5.41) is 0. The Kier molecular flexibility index (Phi) is 6.04. The van der Waals surface area contributed by atoms with Crippen LogP contribution in [0.15, 0.2) is 35.3 Å². The molecule has 0 fully saturated rings. The minimum atomic E-state index is -0.226. The summed E-state index contributed by atoms with van der Waals surface area (Å²) in [5.74, 6) is 1.92. The molecular weight excluding hydrogens is 376 g/mol. The van der Waals surface area contributed by atoms with Gasteiger partial charge in [0.05, 0.1) is 27.8 Å². The van der Waals surface area contributed by atoms with Gasteiger partial charge in [-0.2, -0.15) is 4.99 Å². The molecule has 0 aliphatic carbocycles. The average Bonchev–Trinajstić information content (AvgIpc) is 3.05. The summed E-state index contributed by atoms with van der Waals surface area (Å²) in [6, 6.07) is 9.51. The first-order chi connectivity index (χ1) is 13.5. The van der Waals surface area contributed by atoms with Crippen LogP contribution in [0.3, 0.4) is 0 Å². The normalized spacial score (nSPS) is 11.7. The van der Waals surface area contributed by atoms with Gasteiger partial charge in [-0.3, -0.25) is 4.79 Å². The molecule has 1 amide bonds. The van der Waals surface area contributed by atoms with Crippen LogP contribution in [0.5, 0.6) is 17.2 Å². The lowest BCUT2D eigenvalue weighted by atomic mass is 10.1. The highest BCUT2D eigenvalue weighted by Crippen LogP contribution is 2.35. The Morgan fingerprint density at radius 2 is 1.68 bits per heavy atom. The van der Waals surface area contributed by atoms with Gasteiger partial charge in [-0.05, 0) is 32.0 Å². The van der Waals surface area contributed by atoms with Gasteiger partial charge < -0.3 is 18.8 Å². The fourth-order valence-electron chi connectivity index (χ4n) is 3.19. The number of thiazole rings is 1. The third-order valence-electron chi connectivity index (χ3n) is 4.51. The van der Waals surface area contributed by atoms with Gasteiger partial charge in [0, 0.05) is 12.1 Å². The second-order valence-electron chi connectivity index (χ2n) is 6.27. The van der Waals surface area contributed by atoms with E-state index >= 15 is 0 Å². The number of amides is 1. The van der Waals surface area contributed by atoms with Crippen molar-refractivity contribution in [1.29, 1.82) is 0 Å². The summed E-state index contributed by atoms with van der Waals surface area (Å²) >= 11 is 1.42. The number of hydrogen-bond acceptors (Lipinski definition) is 5. The maximum Gasteiger partial charge on any atom is 0.252 e. The zero-order valence-electron chi connectivity index (χ0n) is 16.7. The molecule has 0 saturated carbocycles. The number of fused-ring (bicyclic) bond motifs is 1. The molecular formula is C21H24N2O4S. The first-order valence-corrected chi connectivity index (χ1v) is 9.79. The zero-order chi connectivity index (χ0) is 20.3. The molecule has 3 rings (SSSR count). The summed E-state index contributed by atoms with van der Waals surface area (Å²) < 4.78 is 19.3.